The summed E-state index contributed by atoms with van der Waals surface area (Å²) in [6.45, 7) is 4.43. The van der Waals surface area contributed by atoms with Gasteiger partial charge in [0.25, 0.3) is 0 Å². The van der Waals surface area contributed by atoms with Gasteiger partial charge in [-0.3, -0.25) is 4.79 Å². The van der Waals surface area contributed by atoms with Gasteiger partial charge in [-0.1, -0.05) is 29.8 Å². The fraction of sp³-hybridized carbons (Fsp3) is 0.300. The molecule has 1 amide bonds. The maximum atomic E-state index is 12.5. The molecule has 1 atom stereocenters. The SMILES string of the molecule is CCOc1ccc(NC(=O)C(CC(=O)[O-])Cc2ccc(C)cc2)cc1. The van der Waals surface area contributed by atoms with Crippen molar-refractivity contribution in [1.82, 2.24) is 0 Å². The maximum absolute atomic E-state index is 12.5. The normalized spacial score (nSPS) is 11.6. The number of nitrogens with one attached hydrogen (secondary N) is 1. The fourth-order valence-electron chi connectivity index (χ4n) is 2.51. The molecule has 25 heavy (non-hydrogen) atoms. The highest BCUT2D eigenvalue weighted by Crippen LogP contribution is 2.19. The summed E-state index contributed by atoms with van der Waals surface area (Å²) in [6.07, 6.45) is 0.0217. The lowest BCUT2D eigenvalue weighted by Crippen LogP contribution is -2.32. The number of carbonyl (C=O) groups is 2. The van der Waals surface area contributed by atoms with Crippen LogP contribution in [0.3, 0.4) is 0 Å². The van der Waals surface area contributed by atoms with Gasteiger partial charge < -0.3 is 20.0 Å². The van der Waals surface area contributed by atoms with Crippen LogP contribution in [-0.4, -0.2) is 18.5 Å². The number of carboxylic acid groups (broad SMARTS) is 1. The molecule has 5 nitrogen and oxygen atoms in total. The van der Waals surface area contributed by atoms with E-state index in [0.29, 0.717) is 24.5 Å². The predicted molar refractivity (Wildman–Crippen MR) is 94.2 cm³/mol. The number of benzene rings is 2. The standard InChI is InChI=1S/C20H23NO4/c1-3-25-18-10-8-17(9-11-18)21-20(24)16(13-19(22)23)12-15-6-4-14(2)5-7-15/h4-11,16H,3,12-13H2,1-2H3,(H,21,24)(H,22,23)/p-1. The van der Waals surface area contributed by atoms with Gasteiger partial charge in [0.1, 0.15) is 5.75 Å². The molecule has 2 aromatic carbocycles. The number of ether oxygens (including phenoxy) is 1. The molecule has 0 spiro atoms. The van der Waals surface area contributed by atoms with Gasteiger partial charge in [-0.25, -0.2) is 0 Å². The van der Waals surface area contributed by atoms with Crippen molar-refractivity contribution >= 4 is 17.6 Å². The van der Waals surface area contributed by atoms with E-state index < -0.39 is 11.9 Å². The topological polar surface area (TPSA) is 78.5 Å². The van der Waals surface area contributed by atoms with E-state index in [1.54, 1.807) is 24.3 Å². The first-order chi connectivity index (χ1) is 12.0. The van der Waals surface area contributed by atoms with Crippen LogP contribution in [0.2, 0.25) is 0 Å². The average Bonchev–Trinajstić information content (AvgIpc) is 2.58. The van der Waals surface area contributed by atoms with E-state index in [0.717, 1.165) is 11.1 Å². The maximum Gasteiger partial charge on any atom is 0.228 e. The lowest BCUT2D eigenvalue weighted by atomic mass is 9.94. The summed E-state index contributed by atoms with van der Waals surface area (Å²) in [5, 5.41) is 13.8. The summed E-state index contributed by atoms with van der Waals surface area (Å²) in [5.41, 5.74) is 2.62. The number of amides is 1. The number of hydrogen-bond donors (Lipinski definition) is 1. The molecule has 5 heteroatoms. The minimum absolute atomic E-state index is 0.323. The van der Waals surface area contributed by atoms with Crippen LogP contribution < -0.4 is 15.2 Å². The molecule has 1 N–H and O–H groups in total. The first kappa shape index (κ1) is 18.5. The Morgan fingerprint density at radius 2 is 1.72 bits per heavy atom. The van der Waals surface area contributed by atoms with Crippen molar-refractivity contribution in [2.75, 3.05) is 11.9 Å². The number of hydrogen-bond acceptors (Lipinski definition) is 4. The van der Waals surface area contributed by atoms with Gasteiger partial charge in [0.15, 0.2) is 0 Å². The van der Waals surface area contributed by atoms with Gasteiger partial charge in [-0.15, -0.1) is 0 Å². The smallest absolute Gasteiger partial charge is 0.228 e. The average molecular weight is 340 g/mol. The second-order valence-corrected chi connectivity index (χ2v) is 5.91. The van der Waals surface area contributed by atoms with Crippen molar-refractivity contribution in [3.63, 3.8) is 0 Å². The van der Waals surface area contributed by atoms with Crippen molar-refractivity contribution in [2.45, 2.75) is 26.7 Å². The van der Waals surface area contributed by atoms with Crippen LogP contribution >= 0.6 is 0 Å². The third-order valence-corrected chi connectivity index (χ3v) is 3.82. The molecule has 0 bridgehead atoms. The first-order valence-corrected chi connectivity index (χ1v) is 8.27. The molecule has 0 aromatic heterocycles. The molecular formula is C20H22NO4-. The number of carbonyl (C=O) groups excluding carboxylic acids is 2. The molecule has 0 fully saturated rings. The molecule has 0 radical (unpaired) electrons. The molecule has 0 saturated carbocycles. The van der Waals surface area contributed by atoms with Gasteiger partial charge in [-0.05, 0) is 56.5 Å². The molecule has 0 aliphatic heterocycles. The van der Waals surface area contributed by atoms with Crippen LogP contribution in [0, 0.1) is 12.8 Å². The third-order valence-electron chi connectivity index (χ3n) is 3.82. The Hall–Kier alpha value is -2.82. The second-order valence-electron chi connectivity index (χ2n) is 5.91. The summed E-state index contributed by atoms with van der Waals surface area (Å²) in [5.74, 6) is -1.56. The second kappa shape index (κ2) is 8.87. The number of carboxylic acids is 1. The largest absolute Gasteiger partial charge is 0.550 e. The minimum atomic E-state index is -1.24. The zero-order valence-electron chi connectivity index (χ0n) is 14.5. The van der Waals surface area contributed by atoms with Crippen LogP contribution in [0.4, 0.5) is 5.69 Å². The van der Waals surface area contributed by atoms with E-state index in [1.807, 2.05) is 38.1 Å². The minimum Gasteiger partial charge on any atom is -0.550 e. The van der Waals surface area contributed by atoms with E-state index in [4.69, 9.17) is 4.74 Å². The van der Waals surface area contributed by atoms with Crippen LogP contribution in [0.5, 0.6) is 5.75 Å². The van der Waals surface area contributed by atoms with Crippen molar-refractivity contribution < 1.29 is 19.4 Å². The van der Waals surface area contributed by atoms with E-state index >= 15 is 0 Å². The van der Waals surface area contributed by atoms with Gasteiger partial charge in [-0.2, -0.15) is 0 Å². The Bertz CT molecular complexity index is 707. The monoisotopic (exact) mass is 340 g/mol. The number of anilines is 1. The number of aliphatic carboxylic acids is 1. The van der Waals surface area contributed by atoms with Crippen molar-refractivity contribution in [3.05, 3.63) is 59.7 Å². The quantitative estimate of drug-likeness (QED) is 0.800. The molecule has 2 rings (SSSR count). The van der Waals surface area contributed by atoms with Gasteiger partial charge in [0, 0.05) is 17.6 Å². The molecule has 0 aliphatic carbocycles. The summed E-state index contributed by atoms with van der Waals surface area (Å²) in [7, 11) is 0. The third kappa shape index (κ3) is 5.95. The molecule has 1 unspecified atom stereocenters. The summed E-state index contributed by atoms with van der Waals surface area (Å²) >= 11 is 0. The Morgan fingerprint density at radius 3 is 2.28 bits per heavy atom. The number of aryl methyl sites for hydroxylation is 1. The Morgan fingerprint density at radius 1 is 1.08 bits per heavy atom. The summed E-state index contributed by atoms with van der Waals surface area (Å²) < 4.78 is 5.36. The lowest BCUT2D eigenvalue weighted by molar-refractivity contribution is -0.306. The van der Waals surface area contributed by atoms with Crippen molar-refractivity contribution in [3.8, 4) is 5.75 Å². The van der Waals surface area contributed by atoms with E-state index in [2.05, 4.69) is 5.32 Å². The first-order valence-electron chi connectivity index (χ1n) is 8.27. The Labute approximate surface area is 147 Å². The number of rotatable bonds is 8. The fourth-order valence-corrected chi connectivity index (χ4v) is 2.51. The molecule has 132 valence electrons. The Kier molecular flexibility index (Phi) is 6.57. The van der Waals surface area contributed by atoms with E-state index in [-0.39, 0.29) is 12.3 Å². The highest BCUT2D eigenvalue weighted by Gasteiger charge is 2.19. The van der Waals surface area contributed by atoms with Gasteiger partial charge in [0.2, 0.25) is 5.91 Å². The van der Waals surface area contributed by atoms with Crippen molar-refractivity contribution in [1.29, 1.82) is 0 Å². The van der Waals surface area contributed by atoms with Crippen LogP contribution in [0.25, 0.3) is 0 Å². The van der Waals surface area contributed by atoms with E-state index in [1.165, 1.54) is 0 Å². The Balaban J connectivity index is 2.06. The molecular weight excluding hydrogens is 318 g/mol. The van der Waals surface area contributed by atoms with Crippen LogP contribution in [0.15, 0.2) is 48.5 Å². The molecule has 0 heterocycles. The molecule has 0 saturated heterocycles. The predicted octanol–water partition coefficient (Wildman–Crippen LogP) is 2.33. The molecule has 2 aromatic rings. The lowest BCUT2D eigenvalue weighted by Gasteiger charge is -2.18. The summed E-state index contributed by atoms with van der Waals surface area (Å²) in [6, 6.07) is 14.7. The van der Waals surface area contributed by atoms with E-state index in [9.17, 15) is 14.7 Å². The van der Waals surface area contributed by atoms with Crippen LogP contribution in [0.1, 0.15) is 24.5 Å². The van der Waals surface area contributed by atoms with Gasteiger partial charge in [0.05, 0.1) is 6.61 Å². The van der Waals surface area contributed by atoms with Crippen molar-refractivity contribution in [2.24, 2.45) is 5.92 Å². The summed E-state index contributed by atoms with van der Waals surface area (Å²) in [4.78, 5) is 23.5. The highest BCUT2D eigenvalue weighted by atomic mass is 16.5. The van der Waals surface area contributed by atoms with Crippen LogP contribution in [-0.2, 0) is 16.0 Å². The highest BCUT2D eigenvalue weighted by molar-refractivity contribution is 5.94. The van der Waals surface area contributed by atoms with Gasteiger partial charge >= 0.3 is 0 Å². The molecule has 0 aliphatic rings. The zero-order chi connectivity index (χ0) is 18.2. The zero-order valence-corrected chi connectivity index (χ0v) is 14.5.